The lowest BCUT2D eigenvalue weighted by molar-refractivity contribution is -0.116. The molecule has 0 saturated heterocycles. The van der Waals surface area contributed by atoms with Gasteiger partial charge in [-0.15, -0.1) is 0 Å². The summed E-state index contributed by atoms with van der Waals surface area (Å²) in [6.45, 7) is 4.22. The summed E-state index contributed by atoms with van der Waals surface area (Å²) in [6.07, 6.45) is 10.8. The molecule has 1 amide bonds. The van der Waals surface area contributed by atoms with Crippen molar-refractivity contribution < 1.29 is 4.79 Å². The minimum atomic E-state index is -0.0476. The molecule has 0 radical (unpaired) electrons. The molecule has 0 atom stereocenters. The van der Waals surface area contributed by atoms with Crippen molar-refractivity contribution in [3.63, 3.8) is 0 Å². The van der Waals surface area contributed by atoms with Crippen LogP contribution in [0.3, 0.4) is 0 Å². The van der Waals surface area contributed by atoms with Crippen LogP contribution in [0.25, 0.3) is 0 Å². The van der Waals surface area contributed by atoms with Gasteiger partial charge in [0, 0.05) is 6.54 Å². The van der Waals surface area contributed by atoms with Crippen LogP contribution in [0, 0.1) is 5.92 Å². The van der Waals surface area contributed by atoms with E-state index in [-0.39, 0.29) is 5.91 Å². The van der Waals surface area contributed by atoms with Crippen LogP contribution < -0.4 is 5.32 Å². The maximum atomic E-state index is 10.8. The van der Waals surface area contributed by atoms with E-state index in [0.717, 1.165) is 18.9 Å². The number of rotatable bonds is 5. The first kappa shape index (κ1) is 11.3. The summed E-state index contributed by atoms with van der Waals surface area (Å²) in [5.74, 6) is 0.873. The topological polar surface area (TPSA) is 29.1 Å². The average Bonchev–Trinajstić information content (AvgIpc) is 2.25. The number of carbonyl (C=O) groups excluding carboxylic acids is 1. The summed E-state index contributed by atoms with van der Waals surface area (Å²) in [5, 5.41) is 2.81. The second-order valence-corrected chi connectivity index (χ2v) is 4.14. The summed E-state index contributed by atoms with van der Waals surface area (Å²) in [5.41, 5.74) is 0. The average molecular weight is 195 g/mol. The summed E-state index contributed by atoms with van der Waals surface area (Å²) in [6, 6.07) is 0. The summed E-state index contributed by atoms with van der Waals surface area (Å²) in [7, 11) is 0. The predicted molar refractivity (Wildman–Crippen MR) is 59.0 cm³/mol. The monoisotopic (exact) mass is 195 g/mol. The fourth-order valence-electron chi connectivity index (χ4n) is 2.15. The Morgan fingerprint density at radius 2 is 2.07 bits per heavy atom. The summed E-state index contributed by atoms with van der Waals surface area (Å²) in [4.78, 5) is 10.8. The number of amides is 1. The third-order valence-electron chi connectivity index (χ3n) is 3.00. The van der Waals surface area contributed by atoms with Gasteiger partial charge in [-0.3, -0.25) is 4.79 Å². The Kier molecular flexibility index (Phi) is 5.35. The largest absolute Gasteiger partial charge is 0.353 e. The lowest BCUT2D eigenvalue weighted by Gasteiger charge is -2.21. The molecule has 0 aromatic carbocycles. The Morgan fingerprint density at radius 1 is 1.36 bits per heavy atom. The lowest BCUT2D eigenvalue weighted by Crippen LogP contribution is -2.22. The predicted octanol–water partition coefficient (Wildman–Crippen LogP) is 2.65. The van der Waals surface area contributed by atoms with Crippen molar-refractivity contribution in [2.75, 3.05) is 6.54 Å². The molecule has 0 aromatic heterocycles. The molecule has 14 heavy (non-hydrogen) atoms. The molecule has 1 aliphatic rings. The molecule has 0 bridgehead atoms. The third kappa shape index (κ3) is 4.45. The maximum Gasteiger partial charge on any atom is 0.243 e. The van der Waals surface area contributed by atoms with Crippen LogP contribution in [0.15, 0.2) is 12.7 Å². The van der Waals surface area contributed by atoms with Gasteiger partial charge in [0.2, 0.25) is 5.91 Å². The van der Waals surface area contributed by atoms with Gasteiger partial charge < -0.3 is 5.32 Å². The highest BCUT2D eigenvalue weighted by molar-refractivity contribution is 5.86. The molecule has 2 heteroatoms. The molecule has 0 unspecified atom stereocenters. The van der Waals surface area contributed by atoms with E-state index in [1.807, 2.05) is 0 Å². The highest BCUT2D eigenvalue weighted by Crippen LogP contribution is 2.26. The Bertz CT molecular complexity index is 183. The van der Waals surface area contributed by atoms with Crippen LogP contribution in [0.1, 0.15) is 44.9 Å². The molecule has 0 aromatic rings. The first-order chi connectivity index (χ1) is 6.83. The molecular weight excluding hydrogens is 174 g/mol. The van der Waals surface area contributed by atoms with E-state index in [9.17, 15) is 4.79 Å². The van der Waals surface area contributed by atoms with Gasteiger partial charge in [0.25, 0.3) is 0 Å². The molecule has 0 aliphatic heterocycles. The van der Waals surface area contributed by atoms with Gasteiger partial charge in [0.15, 0.2) is 0 Å². The quantitative estimate of drug-likeness (QED) is 0.530. The smallest absolute Gasteiger partial charge is 0.243 e. The zero-order chi connectivity index (χ0) is 10.2. The first-order valence-corrected chi connectivity index (χ1v) is 5.73. The third-order valence-corrected chi connectivity index (χ3v) is 3.00. The molecule has 1 N–H and O–H groups in total. The van der Waals surface area contributed by atoms with Crippen molar-refractivity contribution in [1.29, 1.82) is 0 Å². The summed E-state index contributed by atoms with van der Waals surface area (Å²) >= 11 is 0. The summed E-state index contributed by atoms with van der Waals surface area (Å²) < 4.78 is 0. The fraction of sp³-hybridized carbons (Fsp3) is 0.750. The number of carbonyl (C=O) groups is 1. The van der Waals surface area contributed by atoms with E-state index in [0.29, 0.717) is 0 Å². The van der Waals surface area contributed by atoms with Gasteiger partial charge >= 0.3 is 0 Å². The SMILES string of the molecule is C=CC(=O)NCCCC1CCCCC1. The van der Waals surface area contributed by atoms with E-state index in [4.69, 9.17) is 0 Å². The Hall–Kier alpha value is -0.790. The molecule has 80 valence electrons. The normalized spacial score (nSPS) is 17.7. The van der Waals surface area contributed by atoms with Gasteiger partial charge in [-0.25, -0.2) is 0 Å². The maximum absolute atomic E-state index is 10.8. The minimum absolute atomic E-state index is 0.0476. The fourth-order valence-corrected chi connectivity index (χ4v) is 2.15. The number of hydrogen-bond acceptors (Lipinski definition) is 1. The van der Waals surface area contributed by atoms with Crippen LogP contribution in [-0.4, -0.2) is 12.5 Å². The van der Waals surface area contributed by atoms with Crippen molar-refractivity contribution in [2.24, 2.45) is 5.92 Å². The van der Waals surface area contributed by atoms with E-state index in [2.05, 4.69) is 11.9 Å². The molecule has 0 heterocycles. The van der Waals surface area contributed by atoms with Gasteiger partial charge in [0.1, 0.15) is 0 Å². The van der Waals surface area contributed by atoms with Crippen molar-refractivity contribution in [3.05, 3.63) is 12.7 Å². The van der Waals surface area contributed by atoms with E-state index < -0.39 is 0 Å². The number of hydrogen-bond donors (Lipinski definition) is 1. The van der Waals surface area contributed by atoms with Crippen molar-refractivity contribution in [2.45, 2.75) is 44.9 Å². The Balaban J connectivity index is 1.97. The molecule has 2 nitrogen and oxygen atoms in total. The number of nitrogens with one attached hydrogen (secondary N) is 1. The zero-order valence-corrected chi connectivity index (χ0v) is 8.93. The van der Waals surface area contributed by atoms with Crippen LogP contribution in [0.2, 0.25) is 0 Å². The van der Waals surface area contributed by atoms with Crippen LogP contribution in [-0.2, 0) is 4.79 Å². The highest BCUT2D eigenvalue weighted by Gasteiger charge is 2.12. The molecular formula is C12H21NO. The van der Waals surface area contributed by atoms with Gasteiger partial charge in [0.05, 0.1) is 0 Å². The molecule has 1 fully saturated rings. The van der Waals surface area contributed by atoms with Gasteiger partial charge in [-0.1, -0.05) is 38.7 Å². The Labute approximate surface area is 86.8 Å². The van der Waals surface area contributed by atoms with Crippen LogP contribution in [0.4, 0.5) is 0 Å². The molecule has 0 spiro atoms. The Morgan fingerprint density at radius 3 is 2.71 bits per heavy atom. The molecule has 1 rings (SSSR count). The van der Waals surface area contributed by atoms with Crippen LogP contribution in [0.5, 0.6) is 0 Å². The van der Waals surface area contributed by atoms with E-state index in [1.165, 1.54) is 44.6 Å². The van der Waals surface area contributed by atoms with Crippen molar-refractivity contribution in [1.82, 2.24) is 5.32 Å². The highest BCUT2D eigenvalue weighted by atomic mass is 16.1. The van der Waals surface area contributed by atoms with Gasteiger partial charge in [-0.2, -0.15) is 0 Å². The van der Waals surface area contributed by atoms with Gasteiger partial charge in [-0.05, 0) is 24.8 Å². The molecule has 1 aliphatic carbocycles. The molecule has 1 saturated carbocycles. The second-order valence-electron chi connectivity index (χ2n) is 4.14. The first-order valence-electron chi connectivity index (χ1n) is 5.73. The minimum Gasteiger partial charge on any atom is -0.353 e. The van der Waals surface area contributed by atoms with Crippen molar-refractivity contribution in [3.8, 4) is 0 Å². The lowest BCUT2D eigenvalue weighted by atomic mass is 9.86. The second kappa shape index (κ2) is 6.63. The zero-order valence-electron chi connectivity index (χ0n) is 8.93. The van der Waals surface area contributed by atoms with E-state index in [1.54, 1.807) is 0 Å². The van der Waals surface area contributed by atoms with Crippen molar-refractivity contribution >= 4 is 5.91 Å². The van der Waals surface area contributed by atoms with Crippen LogP contribution >= 0.6 is 0 Å². The standard InChI is InChI=1S/C12H21NO/c1-2-12(14)13-10-6-9-11-7-4-3-5-8-11/h2,11H,1,3-10H2,(H,13,14). The van der Waals surface area contributed by atoms with E-state index >= 15 is 0 Å².